The molecule has 3 aromatic heterocycles. The molecule has 9 rings (SSSR count). The number of thiophene rings is 1. The summed E-state index contributed by atoms with van der Waals surface area (Å²) < 4.78 is 7.62. The van der Waals surface area contributed by atoms with Crippen LogP contribution in [0, 0.1) is 0 Å². The molecule has 2 nitrogen and oxygen atoms in total. The average Bonchev–Trinajstić information content (AvgIpc) is 3.64. The van der Waals surface area contributed by atoms with Crippen LogP contribution in [0.4, 0.5) is 0 Å². The Morgan fingerprint density at radius 3 is 2.10 bits per heavy atom. The number of allylic oxidation sites excluding steroid dienone is 4. The minimum atomic E-state index is 1.08. The Morgan fingerprint density at radius 1 is 0.538 bits per heavy atom. The fourth-order valence-corrected chi connectivity index (χ4v) is 7.81. The van der Waals surface area contributed by atoms with Gasteiger partial charge in [-0.25, -0.2) is 0 Å². The molecular formula is C36H24N2S. The smallest absolute Gasteiger partial charge is 0.0641 e. The molecule has 0 unspecified atom stereocenters. The van der Waals surface area contributed by atoms with Gasteiger partial charge in [0.15, 0.2) is 0 Å². The highest BCUT2D eigenvalue weighted by molar-refractivity contribution is 7.25. The second-order valence-electron chi connectivity index (χ2n) is 10.4. The maximum absolute atomic E-state index is 2.49. The number of hydrogen-bond acceptors (Lipinski definition) is 1. The van der Waals surface area contributed by atoms with E-state index in [-0.39, 0.29) is 0 Å². The van der Waals surface area contributed by atoms with Crippen LogP contribution in [-0.4, -0.2) is 9.13 Å². The van der Waals surface area contributed by atoms with E-state index in [0.29, 0.717) is 0 Å². The highest BCUT2D eigenvalue weighted by Crippen LogP contribution is 2.43. The lowest BCUT2D eigenvalue weighted by molar-refractivity contribution is 1.02. The van der Waals surface area contributed by atoms with E-state index < -0.39 is 0 Å². The highest BCUT2D eigenvalue weighted by Gasteiger charge is 2.21. The predicted octanol–water partition coefficient (Wildman–Crippen LogP) is 10.5. The Morgan fingerprint density at radius 2 is 1.26 bits per heavy atom. The van der Waals surface area contributed by atoms with Crippen LogP contribution in [0.3, 0.4) is 0 Å². The standard InChI is InChI=1S/C36H24N2S/c1-2-10-23(11-3-1)38-30-15-7-4-12-25(30)28-20-21-32-35(36(28)38)29-14-5-8-16-31(29)37(32)24-18-19-27-26-13-6-9-17-33(26)39-34(27)22-24/h2,4-22H,1,3H2. The Balaban J connectivity index is 1.44. The molecule has 184 valence electrons. The third-order valence-corrected chi connectivity index (χ3v) is 9.46. The Bertz CT molecular complexity index is 2340. The zero-order valence-electron chi connectivity index (χ0n) is 21.3. The number of fused-ring (bicyclic) bond motifs is 10. The molecule has 1 aliphatic rings. The van der Waals surface area contributed by atoms with Gasteiger partial charge in [-0.2, -0.15) is 0 Å². The van der Waals surface area contributed by atoms with Crippen molar-refractivity contribution in [1.29, 1.82) is 0 Å². The summed E-state index contributed by atoms with van der Waals surface area (Å²) in [5.74, 6) is 0. The van der Waals surface area contributed by atoms with Crippen LogP contribution in [0.15, 0.2) is 121 Å². The van der Waals surface area contributed by atoms with E-state index in [4.69, 9.17) is 0 Å². The Kier molecular flexibility index (Phi) is 4.35. The molecular weight excluding hydrogens is 492 g/mol. The van der Waals surface area contributed by atoms with Crippen molar-refractivity contribution < 1.29 is 0 Å². The van der Waals surface area contributed by atoms with E-state index in [1.165, 1.54) is 75.2 Å². The van der Waals surface area contributed by atoms with Crippen molar-refractivity contribution in [3.05, 3.63) is 121 Å². The maximum Gasteiger partial charge on any atom is 0.0641 e. The lowest BCUT2D eigenvalue weighted by atomic mass is 10.1. The molecule has 3 heteroatoms. The zero-order chi connectivity index (χ0) is 25.5. The molecule has 0 saturated heterocycles. The maximum atomic E-state index is 2.49. The van der Waals surface area contributed by atoms with Crippen LogP contribution in [0.2, 0.25) is 0 Å². The van der Waals surface area contributed by atoms with E-state index in [0.717, 1.165) is 12.8 Å². The lowest BCUT2D eigenvalue weighted by Gasteiger charge is -2.13. The van der Waals surface area contributed by atoms with Crippen LogP contribution in [0.5, 0.6) is 0 Å². The third kappa shape index (κ3) is 2.91. The monoisotopic (exact) mass is 516 g/mol. The van der Waals surface area contributed by atoms with Gasteiger partial charge in [0, 0.05) is 53.1 Å². The van der Waals surface area contributed by atoms with E-state index in [9.17, 15) is 0 Å². The van der Waals surface area contributed by atoms with Gasteiger partial charge in [0.25, 0.3) is 0 Å². The largest absolute Gasteiger partial charge is 0.309 e. The second-order valence-corrected chi connectivity index (χ2v) is 11.5. The minimum Gasteiger partial charge on any atom is -0.309 e. The van der Waals surface area contributed by atoms with Crippen molar-refractivity contribution in [3.63, 3.8) is 0 Å². The summed E-state index contributed by atoms with van der Waals surface area (Å²) in [5.41, 5.74) is 7.52. The molecule has 0 amide bonds. The first-order valence-electron chi connectivity index (χ1n) is 13.6. The van der Waals surface area contributed by atoms with Crippen molar-refractivity contribution in [2.24, 2.45) is 0 Å². The predicted molar refractivity (Wildman–Crippen MR) is 169 cm³/mol. The number of nitrogens with zero attached hydrogens (tertiary/aromatic N) is 2. The van der Waals surface area contributed by atoms with Crippen molar-refractivity contribution in [3.8, 4) is 5.69 Å². The summed E-state index contributed by atoms with van der Waals surface area (Å²) >= 11 is 1.88. The van der Waals surface area contributed by atoms with Gasteiger partial charge in [0.2, 0.25) is 0 Å². The second kappa shape index (κ2) is 7.95. The van der Waals surface area contributed by atoms with Crippen molar-refractivity contribution in [1.82, 2.24) is 9.13 Å². The van der Waals surface area contributed by atoms with Gasteiger partial charge in [-0.15, -0.1) is 11.3 Å². The van der Waals surface area contributed by atoms with Gasteiger partial charge < -0.3 is 9.13 Å². The van der Waals surface area contributed by atoms with E-state index >= 15 is 0 Å². The molecule has 0 N–H and O–H groups in total. The summed E-state index contributed by atoms with van der Waals surface area (Å²) in [6.07, 6.45) is 9.17. The Hall–Kier alpha value is -4.60. The number of aromatic nitrogens is 2. The van der Waals surface area contributed by atoms with Crippen molar-refractivity contribution in [2.45, 2.75) is 12.8 Å². The molecule has 0 saturated carbocycles. The minimum absolute atomic E-state index is 1.08. The van der Waals surface area contributed by atoms with Gasteiger partial charge in [0.05, 0.1) is 22.1 Å². The van der Waals surface area contributed by atoms with Crippen molar-refractivity contribution in [2.75, 3.05) is 0 Å². The molecule has 39 heavy (non-hydrogen) atoms. The first kappa shape index (κ1) is 21.3. The molecule has 0 radical (unpaired) electrons. The molecule has 0 atom stereocenters. The van der Waals surface area contributed by atoms with Crippen molar-refractivity contribution >= 4 is 80.8 Å². The number of rotatable bonds is 2. The number of benzene rings is 5. The molecule has 3 heterocycles. The summed E-state index contributed by atoms with van der Waals surface area (Å²) in [5, 5.41) is 7.89. The molecule has 0 aliphatic heterocycles. The topological polar surface area (TPSA) is 9.86 Å². The summed E-state index contributed by atoms with van der Waals surface area (Å²) in [6.45, 7) is 0. The molecule has 5 aromatic carbocycles. The van der Waals surface area contributed by atoms with Crippen LogP contribution in [0.1, 0.15) is 12.8 Å². The quantitative estimate of drug-likeness (QED) is 0.216. The average molecular weight is 517 g/mol. The fraction of sp³-hybridized carbons (Fsp3) is 0.0556. The zero-order valence-corrected chi connectivity index (χ0v) is 22.1. The van der Waals surface area contributed by atoms with E-state index in [1.54, 1.807) is 0 Å². The molecule has 1 aliphatic carbocycles. The third-order valence-electron chi connectivity index (χ3n) is 8.32. The lowest BCUT2D eigenvalue weighted by Crippen LogP contribution is -1.97. The van der Waals surface area contributed by atoms with E-state index in [1.807, 2.05) is 11.3 Å². The Labute approximate surface area is 229 Å². The van der Waals surface area contributed by atoms with Crippen LogP contribution in [0.25, 0.3) is 75.2 Å². The highest BCUT2D eigenvalue weighted by atomic mass is 32.1. The first-order valence-corrected chi connectivity index (χ1v) is 14.4. The van der Waals surface area contributed by atoms with Gasteiger partial charge >= 0.3 is 0 Å². The van der Waals surface area contributed by atoms with Crippen LogP contribution >= 0.6 is 11.3 Å². The summed E-state index contributed by atoms with van der Waals surface area (Å²) in [7, 11) is 0. The van der Waals surface area contributed by atoms with Gasteiger partial charge in [-0.1, -0.05) is 78.9 Å². The normalized spacial score (nSPS) is 14.0. The SMILES string of the molecule is C1=CC(n2c3ccccc3c3ccc4c(c5ccccc5n4-c4ccc5c(c4)sc4ccccc45)c32)=CCC1. The first-order chi connectivity index (χ1) is 19.4. The molecule has 0 bridgehead atoms. The van der Waals surface area contributed by atoms with E-state index in [2.05, 4.69) is 130 Å². The van der Waals surface area contributed by atoms with Crippen LogP contribution < -0.4 is 0 Å². The van der Waals surface area contributed by atoms with Gasteiger partial charge in [-0.3, -0.25) is 0 Å². The number of hydrogen-bond donors (Lipinski definition) is 0. The fourth-order valence-electron chi connectivity index (χ4n) is 6.67. The summed E-state index contributed by atoms with van der Waals surface area (Å²) in [6, 6.07) is 38.1. The number of para-hydroxylation sites is 2. The molecule has 0 fully saturated rings. The van der Waals surface area contributed by atoms with Gasteiger partial charge in [-0.05, 0) is 55.3 Å². The van der Waals surface area contributed by atoms with Gasteiger partial charge in [0.1, 0.15) is 0 Å². The molecule has 0 spiro atoms. The summed E-state index contributed by atoms with van der Waals surface area (Å²) in [4.78, 5) is 0. The molecule has 8 aromatic rings. The van der Waals surface area contributed by atoms with Crippen LogP contribution in [-0.2, 0) is 0 Å².